The third kappa shape index (κ3) is 3.16. The highest BCUT2D eigenvalue weighted by Gasteiger charge is 2.48. The Morgan fingerprint density at radius 3 is 2.48 bits per heavy atom. The second-order valence-corrected chi connectivity index (χ2v) is 4.38. The van der Waals surface area contributed by atoms with E-state index in [2.05, 4.69) is 4.98 Å². The number of aliphatic hydroxyl groups excluding tert-OH is 3. The van der Waals surface area contributed by atoms with Crippen LogP contribution in [-0.4, -0.2) is 68.1 Å². The highest BCUT2D eigenvalue weighted by molar-refractivity contribution is 5.89. The number of carbonyl (C=O) groups excluding carboxylic acids is 1. The first-order valence-corrected chi connectivity index (χ1v) is 5.95. The number of aliphatic carboxylic acids is 1. The number of esters is 1. The van der Waals surface area contributed by atoms with Crippen LogP contribution in [0.4, 0.5) is 0 Å². The largest absolute Gasteiger partial charge is 0.479 e. The molecule has 1 unspecified atom stereocenters. The monoisotopic (exact) mass is 299 g/mol. The fourth-order valence-corrected chi connectivity index (χ4v) is 1.81. The molecule has 0 aromatic carbocycles. The van der Waals surface area contributed by atoms with Gasteiger partial charge in [-0.1, -0.05) is 0 Å². The highest BCUT2D eigenvalue weighted by Crippen LogP contribution is 2.23. The number of carbonyl (C=O) groups is 2. The van der Waals surface area contributed by atoms with Crippen LogP contribution in [0.1, 0.15) is 10.4 Å². The van der Waals surface area contributed by atoms with Crippen LogP contribution >= 0.6 is 0 Å². The van der Waals surface area contributed by atoms with E-state index in [1.54, 1.807) is 0 Å². The van der Waals surface area contributed by atoms with Gasteiger partial charge in [-0.2, -0.15) is 0 Å². The van der Waals surface area contributed by atoms with Crippen LogP contribution in [0.25, 0.3) is 0 Å². The summed E-state index contributed by atoms with van der Waals surface area (Å²) in [5, 5.41) is 37.6. The number of hydrogen-bond donors (Lipinski definition) is 4. The van der Waals surface area contributed by atoms with Gasteiger partial charge >= 0.3 is 11.9 Å². The van der Waals surface area contributed by atoms with Crippen LogP contribution in [0.3, 0.4) is 0 Å². The Balaban J connectivity index is 2.11. The molecule has 1 aliphatic rings. The molecular formula is C12H13NO8. The molecule has 114 valence electrons. The Kier molecular flexibility index (Phi) is 4.48. The molecular weight excluding hydrogens is 286 g/mol. The van der Waals surface area contributed by atoms with Crippen LogP contribution in [0.5, 0.6) is 0 Å². The maximum absolute atomic E-state index is 11.8. The first kappa shape index (κ1) is 15.3. The maximum atomic E-state index is 11.8. The number of carboxylic acid groups (broad SMARTS) is 1. The number of carboxylic acids is 1. The van der Waals surface area contributed by atoms with Gasteiger partial charge < -0.3 is 29.9 Å². The molecule has 9 nitrogen and oxygen atoms in total. The lowest BCUT2D eigenvalue weighted by atomic mass is 9.99. The molecule has 0 spiro atoms. The smallest absolute Gasteiger partial charge is 0.342 e. The van der Waals surface area contributed by atoms with Crippen molar-refractivity contribution in [3.63, 3.8) is 0 Å². The molecule has 1 fully saturated rings. The standard InChI is InChI=1S/C12H13NO8/c14-6-7(15)9(10(17)18)20-12(8(6)16)21-11(19)5-2-1-3-13-4-5/h1-4,6-9,12,14-16H,(H,17,18)/t6-,7-,8-,9?,12-/m1/s1. The molecule has 21 heavy (non-hydrogen) atoms. The van der Waals surface area contributed by atoms with E-state index < -0.39 is 42.6 Å². The molecule has 9 heteroatoms. The fraction of sp³-hybridized carbons (Fsp3) is 0.417. The van der Waals surface area contributed by atoms with Gasteiger partial charge in [-0.25, -0.2) is 9.59 Å². The molecule has 5 atom stereocenters. The summed E-state index contributed by atoms with van der Waals surface area (Å²) in [5.74, 6) is -2.48. The van der Waals surface area contributed by atoms with Crippen molar-refractivity contribution in [1.82, 2.24) is 4.98 Å². The third-order valence-corrected chi connectivity index (χ3v) is 2.93. The first-order chi connectivity index (χ1) is 9.91. The lowest BCUT2D eigenvalue weighted by molar-refractivity contribution is -0.278. The van der Waals surface area contributed by atoms with E-state index in [0.29, 0.717) is 0 Å². The van der Waals surface area contributed by atoms with Crippen molar-refractivity contribution < 1.29 is 39.5 Å². The second kappa shape index (κ2) is 6.14. The summed E-state index contributed by atoms with van der Waals surface area (Å²) in [4.78, 5) is 26.4. The normalized spacial score (nSPS) is 32.4. The van der Waals surface area contributed by atoms with E-state index in [1.807, 2.05) is 0 Å². The topological polar surface area (TPSA) is 146 Å². The summed E-state index contributed by atoms with van der Waals surface area (Å²) < 4.78 is 9.62. The average Bonchev–Trinajstić information content (AvgIpc) is 2.48. The second-order valence-electron chi connectivity index (χ2n) is 4.38. The molecule has 2 rings (SSSR count). The Morgan fingerprint density at radius 2 is 1.90 bits per heavy atom. The van der Waals surface area contributed by atoms with Gasteiger partial charge in [0.05, 0.1) is 5.56 Å². The number of hydrogen-bond acceptors (Lipinski definition) is 8. The van der Waals surface area contributed by atoms with E-state index in [1.165, 1.54) is 24.5 Å². The summed E-state index contributed by atoms with van der Waals surface area (Å²) in [6, 6.07) is 2.87. The first-order valence-electron chi connectivity index (χ1n) is 5.95. The molecule has 4 N–H and O–H groups in total. The lowest BCUT2D eigenvalue weighted by Crippen LogP contribution is -2.60. The SMILES string of the molecule is O=C(O[C@H]1OC(C(=O)O)[C@H](O)[C@@H](O)[C@H]1O)c1cccnc1. The molecule has 1 aromatic heterocycles. The van der Waals surface area contributed by atoms with Gasteiger partial charge in [0.25, 0.3) is 0 Å². The number of ether oxygens (including phenoxy) is 2. The predicted molar refractivity (Wildman–Crippen MR) is 64.0 cm³/mol. The average molecular weight is 299 g/mol. The summed E-state index contributed by atoms with van der Waals surface area (Å²) in [7, 11) is 0. The zero-order valence-electron chi connectivity index (χ0n) is 10.6. The highest BCUT2D eigenvalue weighted by atomic mass is 16.7. The van der Waals surface area contributed by atoms with Crippen molar-refractivity contribution in [2.75, 3.05) is 0 Å². The zero-order valence-corrected chi connectivity index (χ0v) is 10.6. The Labute approximate surface area is 118 Å². The van der Waals surface area contributed by atoms with E-state index in [-0.39, 0.29) is 5.56 Å². The van der Waals surface area contributed by atoms with Crippen molar-refractivity contribution in [2.24, 2.45) is 0 Å². The van der Waals surface area contributed by atoms with Crippen LogP contribution in [0.2, 0.25) is 0 Å². The van der Waals surface area contributed by atoms with E-state index in [9.17, 15) is 24.9 Å². The molecule has 0 aliphatic carbocycles. The van der Waals surface area contributed by atoms with Crippen molar-refractivity contribution in [1.29, 1.82) is 0 Å². The maximum Gasteiger partial charge on any atom is 0.342 e. The van der Waals surface area contributed by atoms with Gasteiger partial charge in [0.2, 0.25) is 6.29 Å². The molecule has 0 radical (unpaired) electrons. The summed E-state index contributed by atoms with van der Waals surface area (Å²) >= 11 is 0. The van der Waals surface area contributed by atoms with Crippen LogP contribution in [0.15, 0.2) is 24.5 Å². The van der Waals surface area contributed by atoms with Crippen LogP contribution < -0.4 is 0 Å². The number of pyridine rings is 1. The van der Waals surface area contributed by atoms with Gasteiger partial charge in [-0.3, -0.25) is 4.98 Å². The minimum atomic E-state index is -1.84. The van der Waals surface area contributed by atoms with E-state index >= 15 is 0 Å². The quantitative estimate of drug-likeness (QED) is 0.471. The lowest BCUT2D eigenvalue weighted by Gasteiger charge is -2.37. The van der Waals surface area contributed by atoms with Crippen molar-refractivity contribution in [2.45, 2.75) is 30.7 Å². The molecule has 2 heterocycles. The number of nitrogens with zero attached hydrogens (tertiary/aromatic N) is 1. The minimum Gasteiger partial charge on any atom is -0.479 e. The molecule has 0 bridgehead atoms. The van der Waals surface area contributed by atoms with Gasteiger partial charge in [0.15, 0.2) is 6.10 Å². The summed E-state index contributed by atoms with van der Waals surface area (Å²) in [6.45, 7) is 0. The van der Waals surface area contributed by atoms with Crippen molar-refractivity contribution in [3.05, 3.63) is 30.1 Å². The molecule has 1 aromatic rings. The molecule has 0 amide bonds. The molecule has 0 saturated carbocycles. The van der Waals surface area contributed by atoms with Gasteiger partial charge in [0.1, 0.15) is 18.3 Å². The molecule has 1 aliphatic heterocycles. The van der Waals surface area contributed by atoms with E-state index in [0.717, 1.165) is 0 Å². The minimum absolute atomic E-state index is 0.0563. The molecule has 1 saturated heterocycles. The van der Waals surface area contributed by atoms with Gasteiger partial charge in [-0.15, -0.1) is 0 Å². The Hall–Kier alpha value is -2.07. The van der Waals surface area contributed by atoms with Crippen molar-refractivity contribution in [3.8, 4) is 0 Å². The van der Waals surface area contributed by atoms with Crippen LogP contribution in [0, 0.1) is 0 Å². The van der Waals surface area contributed by atoms with E-state index in [4.69, 9.17) is 14.6 Å². The van der Waals surface area contributed by atoms with Gasteiger partial charge in [0, 0.05) is 12.4 Å². The number of aliphatic hydroxyl groups is 3. The predicted octanol–water partition coefficient (Wildman–Crippen LogP) is -1.87. The zero-order chi connectivity index (χ0) is 15.6. The van der Waals surface area contributed by atoms with Crippen molar-refractivity contribution >= 4 is 11.9 Å². The van der Waals surface area contributed by atoms with Gasteiger partial charge in [-0.05, 0) is 12.1 Å². The number of rotatable bonds is 3. The van der Waals surface area contributed by atoms with Crippen LogP contribution in [-0.2, 0) is 14.3 Å². The third-order valence-electron chi connectivity index (χ3n) is 2.93. The summed E-state index contributed by atoms with van der Waals surface area (Å²) in [6.07, 6.45) is -6.36. The Morgan fingerprint density at radius 1 is 1.19 bits per heavy atom. The fourth-order valence-electron chi connectivity index (χ4n) is 1.81. The number of aromatic nitrogens is 1. The Bertz CT molecular complexity index is 521. The summed E-state index contributed by atoms with van der Waals surface area (Å²) in [5.41, 5.74) is 0.0563.